The van der Waals surface area contributed by atoms with Crippen molar-refractivity contribution < 1.29 is 19.4 Å². The molecule has 0 unspecified atom stereocenters. The van der Waals surface area contributed by atoms with Gasteiger partial charge in [0.05, 0.1) is 11.8 Å². The molecule has 1 N–H and O–H groups in total. The van der Waals surface area contributed by atoms with E-state index in [-0.39, 0.29) is 11.8 Å². The van der Waals surface area contributed by atoms with E-state index in [1.807, 2.05) is 0 Å². The molecule has 1 amide bonds. The number of nitrogens with zero attached hydrogens (tertiary/aromatic N) is 1. The van der Waals surface area contributed by atoms with Crippen LogP contribution in [0.5, 0.6) is 0 Å². The minimum atomic E-state index is -0.862. The normalized spacial score (nSPS) is 23.6. The molecule has 0 heterocycles. The summed E-state index contributed by atoms with van der Waals surface area (Å²) in [4.78, 5) is 23.8. The number of carbonyl (C=O) groups is 2. The van der Waals surface area contributed by atoms with E-state index >= 15 is 0 Å². The summed E-state index contributed by atoms with van der Waals surface area (Å²) in [7, 11) is 3.32. The van der Waals surface area contributed by atoms with Crippen molar-refractivity contribution in [3.63, 3.8) is 0 Å². The van der Waals surface area contributed by atoms with E-state index in [0.29, 0.717) is 19.6 Å². The highest BCUT2D eigenvalue weighted by Crippen LogP contribution is 2.39. The molecular weight excluding hydrogens is 198 g/mol. The molecule has 1 saturated carbocycles. The summed E-state index contributed by atoms with van der Waals surface area (Å²) in [6.45, 7) is 1.24. The first kappa shape index (κ1) is 12.0. The lowest BCUT2D eigenvalue weighted by Gasteiger charge is -2.16. The highest BCUT2D eigenvalue weighted by atomic mass is 16.5. The van der Waals surface area contributed by atoms with Gasteiger partial charge in [0.15, 0.2) is 0 Å². The van der Waals surface area contributed by atoms with E-state index in [4.69, 9.17) is 9.84 Å². The van der Waals surface area contributed by atoms with Crippen LogP contribution in [0.3, 0.4) is 0 Å². The zero-order valence-electron chi connectivity index (χ0n) is 9.10. The topological polar surface area (TPSA) is 66.8 Å². The molecule has 1 rings (SSSR count). The number of carboxylic acids is 1. The average Bonchev–Trinajstić information content (AvgIpc) is 2.96. The van der Waals surface area contributed by atoms with Crippen LogP contribution in [0.4, 0.5) is 0 Å². The second-order valence-electron chi connectivity index (χ2n) is 3.89. The maximum Gasteiger partial charge on any atom is 0.307 e. The standard InChI is InChI=1S/C10H17NO4/c1-11(4-3-5-15-2)9(12)7-6-8(7)10(13)14/h7-8H,3-6H2,1-2H3,(H,13,14)/t7-,8+/m1/s1. The second-order valence-corrected chi connectivity index (χ2v) is 3.89. The molecule has 0 bridgehead atoms. The number of amides is 1. The summed E-state index contributed by atoms with van der Waals surface area (Å²) >= 11 is 0. The van der Waals surface area contributed by atoms with Crippen molar-refractivity contribution in [2.45, 2.75) is 12.8 Å². The van der Waals surface area contributed by atoms with Crippen molar-refractivity contribution in [1.29, 1.82) is 0 Å². The molecular formula is C10H17NO4. The summed E-state index contributed by atoms with van der Waals surface area (Å²) in [6.07, 6.45) is 1.27. The molecule has 15 heavy (non-hydrogen) atoms. The monoisotopic (exact) mass is 215 g/mol. The number of hydrogen-bond donors (Lipinski definition) is 1. The molecule has 0 aromatic heterocycles. The van der Waals surface area contributed by atoms with Gasteiger partial charge in [0.25, 0.3) is 0 Å². The highest BCUT2D eigenvalue weighted by molar-refractivity contribution is 5.89. The van der Waals surface area contributed by atoms with E-state index in [1.165, 1.54) is 0 Å². The number of hydrogen-bond acceptors (Lipinski definition) is 3. The zero-order chi connectivity index (χ0) is 11.4. The summed E-state index contributed by atoms with van der Waals surface area (Å²) in [5.41, 5.74) is 0. The second kappa shape index (κ2) is 5.11. The van der Waals surface area contributed by atoms with Gasteiger partial charge in [-0.1, -0.05) is 0 Å². The maximum atomic E-state index is 11.6. The minimum absolute atomic E-state index is 0.0569. The van der Waals surface area contributed by atoms with Crippen molar-refractivity contribution in [2.24, 2.45) is 11.8 Å². The maximum absolute atomic E-state index is 11.6. The van der Waals surface area contributed by atoms with Gasteiger partial charge in [-0.3, -0.25) is 9.59 Å². The third-order valence-corrected chi connectivity index (χ3v) is 2.64. The number of ether oxygens (including phenoxy) is 1. The number of carboxylic acid groups (broad SMARTS) is 1. The van der Waals surface area contributed by atoms with E-state index in [9.17, 15) is 9.59 Å². The molecule has 1 aliphatic rings. The first-order valence-electron chi connectivity index (χ1n) is 5.04. The summed E-state index contributed by atoms with van der Waals surface area (Å²) < 4.78 is 4.88. The molecule has 1 aliphatic carbocycles. The molecule has 0 aliphatic heterocycles. The first-order chi connectivity index (χ1) is 7.07. The largest absolute Gasteiger partial charge is 0.481 e. The van der Waals surface area contributed by atoms with Crippen LogP contribution >= 0.6 is 0 Å². The Labute approximate surface area is 89.0 Å². The quantitative estimate of drug-likeness (QED) is 0.643. The molecule has 0 saturated heterocycles. The van der Waals surface area contributed by atoms with Crippen LogP contribution in [0.2, 0.25) is 0 Å². The van der Waals surface area contributed by atoms with Crippen LogP contribution in [0, 0.1) is 11.8 Å². The lowest BCUT2D eigenvalue weighted by atomic mass is 10.2. The van der Waals surface area contributed by atoms with E-state index < -0.39 is 11.9 Å². The van der Waals surface area contributed by atoms with Crippen LogP contribution in [0.15, 0.2) is 0 Å². The fraction of sp³-hybridized carbons (Fsp3) is 0.800. The SMILES string of the molecule is COCCCN(C)C(=O)[C@@H]1C[C@@H]1C(=O)O. The zero-order valence-corrected chi connectivity index (χ0v) is 9.10. The van der Waals surface area contributed by atoms with Crippen LogP contribution < -0.4 is 0 Å². The van der Waals surface area contributed by atoms with Crippen molar-refractivity contribution in [3.8, 4) is 0 Å². The van der Waals surface area contributed by atoms with Gasteiger partial charge in [-0.05, 0) is 12.8 Å². The third-order valence-electron chi connectivity index (χ3n) is 2.64. The predicted molar refractivity (Wildman–Crippen MR) is 53.4 cm³/mol. The lowest BCUT2D eigenvalue weighted by molar-refractivity contribution is -0.141. The number of rotatable bonds is 6. The fourth-order valence-corrected chi connectivity index (χ4v) is 1.58. The Morgan fingerprint density at radius 1 is 1.47 bits per heavy atom. The van der Waals surface area contributed by atoms with Gasteiger partial charge in [-0.25, -0.2) is 0 Å². The van der Waals surface area contributed by atoms with E-state index in [2.05, 4.69) is 0 Å². The van der Waals surface area contributed by atoms with Crippen molar-refractivity contribution in [3.05, 3.63) is 0 Å². The Kier molecular flexibility index (Phi) is 4.08. The van der Waals surface area contributed by atoms with Crippen LogP contribution in [0.25, 0.3) is 0 Å². The van der Waals surface area contributed by atoms with Gasteiger partial charge in [0.1, 0.15) is 0 Å². The van der Waals surface area contributed by atoms with E-state index in [0.717, 1.165) is 6.42 Å². The van der Waals surface area contributed by atoms with Gasteiger partial charge < -0.3 is 14.7 Å². The molecule has 0 spiro atoms. The van der Waals surface area contributed by atoms with Crippen molar-refractivity contribution in [1.82, 2.24) is 4.90 Å². The molecule has 86 valence electrons. The highest BCUT2D eigenvalue weighted by Gasteiger charge is 2.49. The number of aliphatic carboxylic acids is 1. The van der Waals surface area contributed by atoms with Crippen molar-refractivity contribution in [2.75, 3.05) is 27.3 Å². The number of carbonyl (C=O) groups excluding carboxylic acids is 1. The Hall–Kier alpha value is -1.10. The van der Waals surface area contributed by atoms with E-state index in [1.54, 1.807) is 19.1 Å². The average molecular weight is 215 g/mol. The molecule has 1 fully saturated rings. The van der Waals surface area contributed by atoms with Gasteiger partial charge in [0, 0.05) is 27.3 Å². The Balaban J connectivity index is 2.26. The van der Waals surface area contributed by atoms with Crippen LogP contribution in [-0.4, -0.2) is 49.2 Å². The first-order valence-corrected chi connectivity index (χ1v) is 5.04. The molecule has 0 aromatic rings. The smallest absolute Gasteiger partial charge is 0.307 e. The minimum Gasteiger partial charge on any atom is -0.481 e. The van der Waals surface area contributed by atoms with Crippen LogP contribution in [0.1, 0.15) is 12.8 Å². The number of methoxy groups -OCH3 is 1. The summed E-state index contributed by atoms with van der Waals surface area (Å²) in [6, 6.07) is 0. The Morgan fingerprint density at radius 2 is 2.13 bits per heavy atom. The van der Waals surface area contributed by atoms with Gasteiger partial charge in [0.2, 0.25) is 5.91 Å². The third kappa shape index (κ3) is 3.20. The van der Waals surface area contributed by atoms with Crippen molar-refractivity contribution >= 4 is 11.9 Å². The van der Waals surface area contributed by atoms with Crippen LogP contribution in [-0.2, 0) is 14.3 Å². The molecule has 0 aromatic carbocycles. The molecule has 5 nitrogen and oxygen atoms in total. The van der Waals surface area contributed by atoms with Gasteiger partial charge in [-0.2, -0.15) is 0 Å². The van der Waals surface area contributed by atoms with Gasteiger partial charge in [-0.15, -0.1) is 0 Å². The fourth-order valence-electron chi connectivity index (χ4n) is 1.58. The van der Waals surface area contributed by atoms with Gasteiger partial charge >= 0.3 is 5.97 Å². The molecule has 5 heteroatoms. The Morgan fingerprint density at radius 3 is 2.60 bits per heavy atom. The summed E-state index contributed by atoms with van der Waals surface area (Å²) in [5.74, 6) is -1.67. The molecule has 0 radical (unpaired) electrons. The predicted octanol–water partition coefficient (Wildman–Crippen LogP) is 0.202. The lowest BCUT2D eigenvalue weighted by Crippen LogP contribution is -2.30. The Bertz CT molecular complexity index is 254. The summed E-state index contributed by atoms with van der Waals surface area (Å²) in [5, 5.41) is 8.68. The molecule has 2 atom stereocenters.